The lowest BCUT2D eigenvalue weighted by Gasteiger charge is -2.73. The van der Waals surface area contributed by atoms with E-state index in [9.17, 15) is 19.8 Å². The quantitative estimate of drug-likeness (QED) is 0.525. The maximum absolute atomic E-state index is 13.5. The van der Waals surface area contributed by atoms with Crippen LogP contribution in [0.25, 0.3) is 0 Å². The van der Waals surface area contributed by atoms with Crippen molar-refractivity contribution in [3.8, 4) is 0 Å². The molecule has 2 N–H and O–H groups in total. The number of ketones is 1. The van der Waals surface area contributed by atoms with Gasteiger partial charge in [-0.05, 0) is 48.5 Å². The molecule has 6 heteroatoms. The minimum absolute atomic E-state index is 0.0397. The number of rotatable bonds is 1. The van der Waals surface area contributed by atoms with Crippen LogP contribution in [0.15, 0.2) is 12.2 Å². The molecule has 0 aromatic carbocycles. The molecule has 2 spiro atoms. The van der Waals surface area contributed by atoms with Crippen molar-refractivity contribution in [3.63, 3.8) is 0 Å². The highest BCUT2D eigenvalue weighted by Crippen LogP contribution is 2.76. The lowest BCUT2D eigenvalue weighted by atomic mass is 9.36. The summed E-state index contributed by atoms with van der Waals surface area (Å²) in [5.41, 5.74) is -1.65. The van der Waals surface area contributed by atoms with E-state index in [-0.39, 0.29) is 54.1 Å². The lowest BCUT2D eigenvalue weighted by molar-refractivity contribution is -0.426. The molecule has 2 heterocycles. The Hall–Kier alpha value is -1.24. The number of aliphatic hydroxyl groups excluding tert-OH is 1. The van der Waals surface area contributed by atoms with Gasteiger partial charge in [-0.1, -0.05) is 20.4 Å². The lowest BCUT2D eigenvalue weighted by Crippen LogP contribution is -2.80. The molecule has 4 bridgehead atoms. The molecule has 4 saturated carbocycles. The summed E-state index contributed by atoms with van der Waals surface area (Å²) in [5, 5.41) is 23.0. The van der Waals surface area contributed by atoms with E-state index in [0.29, 0.717) is 24.8 Å². The highest BCUT2D eigenvalue weighted by molar-refractivity contribution is 6.05. The van der Waals surface area contributed by atoms with Crippen LogP contribution in [-0.2, 0) is 19.1 Å². The highest BCUT2D eigenvalue weighted by Gasteiger charge is 2.84. The summed E-state index contributed by atoms with van der Waals surface area (Å²) in [6, 6.07) is 0. The van der Waals surface area contributed by atoms with Crippen LogP contribution in [0.4, 0.5) is 0 Å². The molecular formula is C22H30O6. The average molecular weight is 390 g/mol. The van der Waals surface area contributed by atoms with Gasteiger partial charge in [-0.25, -0.2) is 0 Å². The van der Waals surface area contributed by atoms with Crippen molar-refractivity contribution in [3.05, 3.63) is 12.2 Å². The smallest absolute Gasteiger partial charge is 0.302 e. The summed E-state index contributed by atoms with van der Waals surface area (Å²) in [7, 11) is 0. The van der Waals surface area contributed by atoms with Crippen molar-refractivity contribution in [1.29, 1.82) is 0 Å². The Morgan fingerprint density at radius 1 is 1.25 bits per heavy atom. The molecule has 8 atom stereocenters. The van der Waals surface area contributed by atoms with Crippen molar-refractivity contribution in [2.45, 2.75) is 70.9 Å². The zero-order valence-corrected chi connectivity index (χ0v) is 16.9. The third kappa shape index (κ3) is 1.77. The van der Waals surface area contributed by atoms with E-state index < -0.39 is 22.7 Å². The van der Waals surface area contributed by atoms with Gasteiger partial charge in [0.1, 0.15) is 11.5 Å². The van der Waals surface area contributed by atoms with Gasteiger partial charge in [0, 0.05) is 24.7 Å². The first-order valence-electron chi connectivity index (χ1n) is 10.5. The zero-order valence-electron chi connectivity index (χ0n) is 16.9. The van der Waals surface area contributed by atoms with Gasteiger partial charge in [-0.15, -0.1) is 0 Å². The third-order valence-corrected chi connectivity index (χ3v) is 9.17. The molecule has 154 valence electrons. The van der Waals surface area contributed by atoms with Gasteiger partial charge in [-0.2, -0.15) is 0 Å². The average Bonchev–Trinajstić information content (AvgIpc) is 2.73. The van der Waals surface area contributed by atoms with Crippen LogP contribution >= 0.6 is 0 Å². The Morgan fingerprint density at radius 2 is 1.96 bits per heavy atom. The largest absolute Gasteiger partial charge is 0.462 e. The molecule has 0 amide bonds. The van der Waals surface area contributed by atoms with Crippen molar-refractivity contribution >= 4 is 11.8 Å². The molecule has 6 aliphatic rings. The van der Waals surface area contributed by atoms with Crippen LogP contribution in [0.1, 0.15) is 52.9 Å². The van der Waals surface area contributed by atoms with Gasteiger partial charge in [0.05, 0.1) is 12.7 Å². The summed E-state index contributed by atoms with van der Waals surface area (Å²) >= 11 is 0. The number of hydrogen-bond acceptors (Lipinski definition) is 6. The summed E-state index contributed by atoms with van der Waals surface area (Å²) in [5.74, 6) is -2.87. The fourth-order valence-electron chi connectivity index (χ4n) is 8.08. The summed E-state index contributed by atoms with van der Waals surface area (Å²) in [6.07, 6.45) is 1.83. The number of fused-ring (bicyclic) bond motifs is 2. The van der Waals surface area contributed by atoms with Gasteiger partial charge in [0.2, 0.25) is 0 Å². The van der Waals surface area contributed by atoms with Crippen molar-refractivity contribution in [1.82, 2.24) is 0 Å². The number of esters is 1. The van der Waals surface area contributed by atoms with E-state index in [0.717, 1.165) is 6.42 Å². The minimum Gasteiger partial charge on any atom is -0.462 e. The number of Topliss-reactive ketones (excluding diaryl/α,β-unsaturated/α-hetero) is 1. The molecule has 0 aromatic rings. The van der Waals surface area contributed by atoms with E-state index in [1.165, 1.54) is 6.92 Å². The molecular weight excluding hydrogens is 360 g/mol. The first kappa shape index (κ1) is 18.8. The predicted molar refractivity (Wildman–Crippen MR) is 98.8 cm³/mol. The fraction of sp³-hybridized carbons (Fsp3) is 0.818. The van der Waals surface area contributed by atoms with Gasteiger partial charge in [0.15, 0.2) is 11.6 Å². The van der Waals surface area contributed by atoms with Gasteiger partial charge in [-0.3, -0.25) is 9.59 Å². The molecule has 2 saturated heterocycles. The molecule has 0 radical (unpaired) electrons. The van der Waals surface area contributed by atoms with Gasteiger partial charge < -0.3 is 19.7 Å². The van der Waals surface area contributed by atoms with E-state index in [4.69, 9.17) is 9.47 Å². The van der Waals surface area contributed by atoms with Crippen LogP contribution in [-0.4, -0.2) is 46.6 Å². The molecule has 2 aliphatic heterocycles. The number of carbonyl (C=O) groups excluding carboxylic acids is 2. The van der Waals surface area contributed by atoms with Crippen molar-refractivity contribution < 1.29 is 29.3 Å². The van der Waals surface area contributed by atoms with E-state index in [2.05, 4.69) is 20.4 Å². The van der Waals surface area contributed by atoms with Crippen molar-refractivity contribution in [2.24, 2.45) is 34.0 Å². The van der Waals surface area contributed by atoms with Gasteiger partial charge in [0.25, 0.3) is 0 Å². The SMILES string of the molecule is C=C1C(=O)[C@]23[C@H](O)[C@H]1CC[C@H]2[C@@]12CO[C@@]3(O)C[C@@H]1C(C)(C)CC[C@@H]2OC(C)=O. The van der Waals surface area contributed by atoms with E-state index >= 15 is 0 Å². The Labute approximate surface area is 165 Å². The summed E-state index contributed by atoms with van der Waals surface area (Å²) < 4.78 is 11.9. The minimum atomic E-state index is -1.70. The molecule has 6 nitrogen and oxygen atoms in total. The number of hydrogen-bond donors (Lipinski definition) is 2. The number of ether oxygens (including phenoxy) is 2. The maximum Gasteiger partial charge on any atom is 0.302 e. The standard InChI is InChI=1S/C22H30O6/c1-11-13-5-6-14-20-10-27-21(26,22(14,17(11)24)18(13)25)9-15(20)19(3,4)8-7-16(20)28-12(2)23/h13-16,18,25-26H,1,5-10H2,2-4H3/t13-,14-,15+,16-,18+,20-,21-,22-/m0/s1. The first-order chi connectivity index (χ1) is 13.0. The molecule has 0 unspecified atom stereocenters. The monoisotopic (exact) mass is 390 g/mol. The fourth-order valence-corrected chi connectivity index (χ4v) is 8.08. The van der Waals surface area contributed by atoms with Crippen molar-refractivity contribution in [2.75, 3.05) is 6.61 Å². The second-order valence-electron chi connectivity index (χ2n) is 10.5. The van der Waals surface area contributed by atoms with E-state index in [1.807, 2.05) is 0 Å². The Balaban J connectivity index is 1.74. The number of aliphatic hydroxyl groups is 2. The van der Waals surface area contributed by atoms with Crippen LogP contribution in [0.3, 0.4) is 0 Å². The summed E-state index contributed by atoms with van der Waals surface area (Å²) in [6.45, 7) is 10.0. The normalized spacial score (nSPS) is 53.5. The second-order valence-corrected chi connectivity index (χ2v) is 10.5. The zero-order chi connectivity index (χ0) is 20.3. The Morgan fingerprint density at radius 3 is 2.64 bits per heavy atom. The van der Waals surface area contributed by atoms with Gasteiger partial charge >= 0.3 is 5.97 Å². The molecule has 6 fully saturated rings. The van der Waals surface area contributed by atoms with E-state index in [1.54, 1.807) is 0 Å². The van der Waals surface area contributed by atoms with Crippen LogP contribution in [0.5, 0.6) is 0 Å². The molecule has 28 heavy (non-hydrogen) atoms. The predicted octanol–water partition coefficient (Wildman–Crippen LogP) is 1.98. The second kappa shape index (κ2) is 5.27. The highest BCUT2D eigenvalue weighted by atomic mass is 16.6. The summed E-state index contributed by atoms with van der Waals surface area (Å²) in [4.78, 5) is 25.4. The third-order valence-electron chi connectivity index (χ3n) is 9.17. The topological polar surface area (TPSA) is 93.1 Å². The van der Waals surface area contributed by atoms with Crippen LogP contribution in [0, 0.1) is 34.0 Å². The van der Waals surface area contributed by atoms with Crippen LogP contribution in [0.2, 0.25) is 0 Å². The first-order valence-corrected chi connectivity index (χ1v) is 10.5. The number of carbonyl (C=O) groups is 2. The maximum atomic E-state index is 13.5. The molecule has 6 rings (SSSR count). The molecule has 4 aliphatic carbocycles. The van der Waals surface area contributed by atoms with Crippen LogP contribution < -0.4 is 0 Å². The Bertz CT molecular complexity index is 788. The Kier molecular flexibility index (Phi) is 3.53. The molecule has 0 aromatic heterocycles.